The lowest BCUT2D eigenvalue weighted by molar-refractivity contribution is -0.160. The highest BCUT2D eigenvalue weighted by molar-refractivity contribution is 5.77. The molecule has 1 aromatic rings. The van der Waals surface area contributed by atoms with Crippen LogP contribution in [0.15, 0.2) is 30.3 Å². The summed E-state index contributed by atoms with van der Waals surface area (Å²) in [6, 6.07) is 11.1. The van der Waals surface area contributed by atoms with E-state index in [2.05, 4.69) is 41.0 Å². The Balaban J connectivity index is 1.71. The topological polar surface area (TPSA) is 32.8 Å². The number of likely N-dealkylation sites (tertiary alicyclic amines) is 2. The first-order chi connectivity index (χ1) is 13.2. The van der Waals surface area contributed by atoms with Gasteiger partial charge in [-0.1, -0.05) is 37.3 Å². The number of hydrogen-bond acceptors (Lipinski definition) is 4. The second kappa shape index (κ2) is 9.70. The molecule has 2 aliphatic heterocycles. The molecule has 0 unspecified atom stereocenters. The highest BCUT2D eigenvalue weighted by atomic mass is 16.5. The Labute approximate surface area is 164 Å². The lowest BCUT2D eigenvalue weighted by atomic mass is 9.74. The van der Waals surface area contributed by atoms with E-state index >= 15 is 0 Å². The van der Waals surface area contributed by atoms with E-state index < -0.39 is 5.41 Å². The van der Waals surface area contributed by atoms with E-state index in [-0.39, 0.29) is 5.97 Å². The first kappa shape index (κ1) is 20.3. The molecule has 1 aromatic carbocycles. The molecule has 0 radical (unpaired) electrons. The summed E-state index contributed by atoms with van der Waals surface area (Å²) in [6.07, 6.45) is 6.50. The number of rotatable bonds is 7. The quantitative estimate of drug-likeness (QED) is 0.683. The molecule has 27 heavy (non-hydrogen) atoms. The van der Waals surface area contributed by atoms with Crippen LogP contribution >= 0.6 is 0 Å². The summed E-state index contributed by atoms with van der Waals surface area (Å²) in [4.78, 5) is 18.2. The fourth-order valence-electron chi connectivity index (χ4n) is 4.96. The van der Waals surface area contributed by atoms with Gasteiger partial charge in [0, 0.05) is 12.6 Å². The van der Waals surface area contributed by atoms with Crippen LogP contribution < -0.4 is 0 Å². The number of ether oxygens (including phenoxy) is 1. The predicted molar refractivity (Wildman–Crippen MR) is 110 cm³/mol. The van der Waals surface area contributed by atoms with Crippen LogP contribution in [-0.4, -0.2) is 61.1 Å². The van der Waals surface area contributed by atoms with Gasteiger partial charge in [-0.25, -0.2) is 0 Å². The summed E-state index contributed by atoms with van der Waals surface area (Å²) >= 11 is 0. The minimum absolute atomic E-state index is 0.00183. The number of nitrogens with zero attached hydrogens (tertiary/aromatic N) is 2. The third kappa shape index (κ3) is 5.11. The van der Waals surface area contributed by atoms with Crippen LogP contribution in [0.3, 0.4) is 0 Å². The van der Waals surface area contributed by atoms with Gasteiger partial charge in [-0.05, 0) is 77.2 Å². The van der Waals surface area contributed by atoms with E-state index in [1.807, 2.05) is 13.0 Å². The number of esters is 1. The standard InChI is InChI=1S/C23H36N2O2/c1-3-14-24-16-11-21(12-17-24)25-15-8-13-23(19-25,22(26)27-4-2)18-20-9-6-5-7-10-20/h5-7,9-10,21H,3-4,8,11-19H2,1-2H3/t23-/m1/s1. The van der Waals surface area contributed by atoms with Gasteiger partial charge in [0.15, 0.2) is 0 Å². The number of benzene rings is 1. The molecule has 2 saturated heterocycles. The average Bonchev–Trinajstić information content (AvgIpc) is 2.70. The van der Waals surface area contributed by atoms with Crippen LogP contribution in [0.1, 0.15) is 51.5 Å². The lowest BCUT2D eigenvalue weighted by Gasteiger charge is -2.46. The zero-order valence-electron chi connectivity index (χ0n) is 17.2. The predicted octanol–water partition coefficient (Wildman–Crippen LogP) is 3.75. The minimum atomic E-state index is -0.393. The maximum atomic E-state index is 13.0. The van der Waals surface area contributed by atoms with Crippen LogP contribution in [0.2, 0.25) is 0 Å². The fraction of sp³-hybridized carbons (Fsp3) is 0.696. The fourth-order valence-corrected chi connectivity index (χ4v) is 4.96. The molecule has 2 fully saturated rings. The molecule has 2 aliphatic rings. The molecule has 0 aromatic heterocycles. The molecule has 0 aliphatic carbocycles. The molecular formula is C23H36N2O2. The Morgan fingerprint density at radius 1 is 1.15 bits per heavy atom. The van der Waals surface area contributed by atoms with Gasteiger partial charge < -0.3 is 9.64 Å². The summed E-state index contributed by atoms with van der Waals surface area (Å²) in [7, 11) is 0. The van der Waals surface area contributed by atoms with Crippen molar-refractivity contribution in [3.8, 4) is 0 Å². The van der Waals surface area contributed by atoms with Crippen LogP contribution in [-0.2, 0) is 16.0 Å². The SMILES string of the molecule is CCCN1CCC(N2CCC[C@](Cc3ccccc3)(C(=O)OCC)C2)CC1. The monoisotopic (exact) mass is 372 g/mol. The number of carbonyl (C=O) groups excluding carboxylic acids is 1. The van der Waals surface area contributed by atoms with Crippen molar-refractivity contribution < 1.29 is 9.53 Å². The summed E-state index contributed by atoms with van der Waals surface area (Å²) in [5.41, 5.74) is 0.848. The van der Waals surface area contributed by atoms with Crippen LogP contribution in [0, 0.1) is 5.41 Å². The molecular weight excluding hydrogens is 336 g/mol. The molecule has 1 atom stereocenters. The van der Waals surface area contributed by atoms with Gasteiger partial charge in [-0.15, -0.1) is 0 Å². The number of piperidine rings is 2. The summed E-state index contributed by atoms with van der Waals surface area (Å²) in [5.74, 6) is 0.00183. The summed E-state index contributed by atoms with van der Waals surface area (Å²) in [5, 5.41) is 0. The maximum absolute atomic E-state index is 13.0. The molecule has 0 spiro atoms. The average molecular weight is 373 g/mol. The second-order valence-corrected chi connectivity index (χ2v) is 8.31. The van der Waals surface area contributed by atoms with Crippen molar-refractivity contribution in [1.82, 2.24) is 9.80 Å². The van der Waals surface area contributed by atoms with Gasteiger partial charge in [0.05, 0.1) is 12.0 Å². The van der Waals surface area contributed by atoms with Gasteiger partial charge in [0.25, 0.3) is 0 Å². The molecule has 4 nitrogen and oxygen atoms in total. The second-order valence-electron chi connectivity index (χ2n) is 8.31. The normalized spacial score (nSPS) is 25.4. The molecule has 0 N–H and O–H groups in total. The zero-order valence-corrected chi connectivity index (χ0v) is 17.2. The molecule has 150 valence electrons. The molecule has 0 saturated carbocycles. The van der Waals surface area contributed by atoms with Crippen molar-refractivity contribution in [3.63, 3.8) is 0 Å². The highest BCUT2D eigenvalue weighted by Crippen LogP contribution is 2.37. The van der Waals surface area contributed by atoms with Crippen molar-refractivity contribution >= 4 is 5.97 Å². The Hall–Kier alpha value is -1.39. The van der Waals surface area contributed by atoms with Crippen LogP contribution in [0.4, 0.5) is 0 Å². The van der Waals surface area contributed by atoms with E-state index in [0.29, 0.717) is 12.6 Å². The third-order valence-corrected chi connectivity index (χ3v) is 6.31. The Kier molecular flexibility index (Phi) is 7.31. The van der Waals surface area contributed by atoms with Crippen molar-refractivity contribution in [2.24, 2.45) is 5.41 Å². The van der Waals surface area contributed by atoms with Crippen molar-refractivity contribution in [3.05, 3.63) is 35.9 Å². The smallest absolute Gasteiger partial charge is 0.313 e. The molecule has 0 amide bonds. The molecule has 2 heterocycles. The molecule has 0 bridgehead atoms. The van der Waals surface area contributed by atoms with Gasteiger partial charge in [-0.2, -0.15) is 0 Å². The van der Waals surface area contributed by atoms with Crippen LogP contribution in [0.5, 0.6) is 0 Å². The Morgan fingerprint density at radius 2 is 1.89 bits per heavy atom. The van der Waals surface area contributed by atoms with E-state index in [9.17, 15) is 4.79 Å². The van der Waals surface area contributed by atoms with Gasteiger partial charge in [-0.3, -0.25) is 9.69 Å². The lowest BCUT2D eigenvalue weighted by Crippen LogP contribution is -2.55. The van der Waals surface area contributed by atoms with E-state index in [4.69, 9.17) is 4.74 Å². The van der Waals surface area contributed by atoms with Gasteiger partial charge in [0.2, 0.25) is 0 Å². The summed E-state index contributed by atoms with van der Waals surface area (Å²) < 4.78 is 5.57. The van der Waals surface area contributed by atoms with Gasteiger partial charge >= 0.3 is 5.97 Å². The van der Waals surface area contributed by atoms with Crippen LogP contribution in [0.25, 0.3) is 0 Å². The summed E-state index contributed by atoms with van der Waals surface area (Å²) in [6.45, 7) is 10.2. The Morgan fingerprint density at radius 3 is 2.56 bits per heavy atom. The first-order valence-corrected chi connectivity index (χ1v) is 10.8. The van der Waals surface area contributed by atoms with E-state index in [1.54, 1.807) is 0 Å². The largest absolute Gasteiger partial charge is 0.466 e. The Bertz CT molecular complexity index is 583. The molecule has 4 heteroatoms. The third-order valence-electron chi connectivity index (χ3n) is 6.31. The van der Waals surface area contributed by atoms with Gasteiger partial charge in [0.1, 0.15) is 0 Å². The minimum Gasteiger partial charge on any atom is -0.466 e. The highest BCUT2D eigenvalue weighted by Gasteiger charge is 2.45. The zero-order chi connectivity index (χ0) is 19.1. The molecule has 3 rings (SSSR count). The first-order valence-electron chi connectivity index (χ1n) is 10.8. The number of hydrogen-bond donors (Lipinski definition) is 0. The van der Waals surface area contributed by atoms with Crippen molar-refractivity contribution in [2.75, 3.05) is 39.3 Å². The van der Waals surface area contributed by atoms with E-state index in [0.717, 1.165) is 32.4 Å². The van der Waals surface area contributed by atoms with Crippen molar-refractivity contribution in [1.29, 1.82) is 0 Å². The van der Waals surface area contributed by atoms with Crippen molar-refractivity contribution in [2.45, 2.75) is 58.4 Å². The number of carbonyl (C=O) groups is 1. The van der Waals surface area contributed by atoms with E-state index in [1.165, 1.54) is 44.5 Å². The maximum Gasteiger partial charge on any atom is 0.313 e.